The molecule has 0 radical (unpaired) electrons. The number of rotatable bonds is 2. The van der Waals surface area contributed by atoms with Gasteiger partial charge in [0.25, 0.3) is 0 Å². The summed E-state index contributed by atoms with van der Waals surface area (Å²) in [6.07, 6.45) is 3.44. The topological polar surface area (TPSA) is 79.1 Å². The highest BCUT2D eigenvalue weighted by Crippen LogP contribution is 2.29. The van der Waals surface area contributed by atoms with E-state index in [0.717, 1.165) is 24.1 Å². The van der Waals surface area contributed by atoms with Gasteiger partial charge in [0.05, 0.1) is 0 Å². The maximum absolute atomic E-state index is 11.0. The number of H-pyrrole nitrogens is 1. The summed E-state index contributed by atoms with van der Waals surface area (Å²) in [7, 11) is 0. The van der Waals surface area contributed by atoms with Gasteiger partial charge in [-0.05, 0) is 48.1 Å². The third-order valence-corrected chi connectivity index (χ3v) is 3.49. The number of hydrogen-bond donors (Lipinski definition) is 3. The number of carbonyl (C=O) groups is 1. The molecule has 0 amide bonds. The number of aromatic carboxylic acids is 1. The lowest BCUT2D eigenvalue weighted by molar-refractivity contribution is 0.0698. The van der Waals surface area contributed by atoms with Gasteiger partial charge >= 0.3 is 5.97 Å². The van der Waals surface area contributed by atoms with E-state index in [1.807, 2.05) is 6.07 Å². The fourth-order valence-electron chi connectivity index (χ4n) is 2.54. The first-order valence-corrected chi connectivity index (χ1v) is 5.99. The summed E-state index contributed by atoms with van der Waals surface area (Å²) in [6, 6.07) is 7.85. The Bertz CT molecular complexity index is 629. The van der Waals surface area contributed by atoms with Crippen LogP contribution < -0.4 is 5.73 Å². The molecule has 4 heteroatoms. The van der Waals surface area contributed by atoms with E-state index in [4.69, 9.17) is 10.8 Å². The molecule has 1 aromatic heterocycles. The zero-order valence-corrected chi connectivity index (χ0v) is 9.86. The van der Waals surface area contributed by atoms with Crippen LogP contribution in [0.1, 0.15) is 27.9 Å². The first-order chi connectivity index (χ1) is 8.65. The van der Waals surface area contributed by atoms with E-state index in [9.17, 15) is 4.79 Å². The van der Waals surface area contributed by atoms with Gasteiger partial charge in [0.1, 0.15) is 11.4 Å². The number of aryl methyl sites for hydroxylation is 2. The number of hydrogen-bond acceptors (Lipinski definition) is 2. The fourth-order valence-corrected chi connectivity index (χ4v) is 2.54. The summed E-state index contributed by atoms with van der Waals surface area (Å²) in [5, 5.41) is 8.98. The third kappa shape index (κ3) is 1.66. The van der Waals surface area contributed by atoms with Crippen molar-refractivity contribution in [1.82, 2.24) is 4.98 Å². The van der Waals surface area contributed by atoms with Crippen molar-refractivity contribution < 1.29 is 9.90 Å². The van der Waals surface area contributed by atoms with E-state index in [0.29, 0.717) is 0 Å². The predicted octanol–water partition coefficient (Wildman–Crippen LogP) is 2.45. The molecule has 1 heterocycles. The van der Waals surface area contributed by atoms with Crippen molar-refractivity contribution in [3.05, 3.63) is 41.0 Å². The molecule has 1 aliphatic rings. The van der Waals surface area contributed by atoms with E-state index >= 15 is 0 Å². The Kier molecular flexibility index (Phi) is 2.37. The molecule has 0 bridgehead atoms. The van der Waals surface area contributed by atoms with Crippen molar-refractivity contribution in [1.29, 1.82) is 0 Å². The Morgan fingerprint density at radius 3 is 2.72 bits per heavy atom. The van der Waals surface area contributed by atoms with Gasteiger partial charge < -0.3 is 15.8 Å². The molecule has 0 fully saturated rings. The average Bonchev–Trinajstić information content (AvgIpc) is 2.93. The second kappa shape index (κ2) is 3.91. The normalized spacial score (nSPS) is 13.6. The molecule has 0 saturated carbocycles. The first kappa shape index (κ1) is 10.9. The minimum Gasteiger partial charge on any atom is -0.478 e. The Hall–Kier alpha value is -2.23. The molecule has 3 rings (SSSR count). The van der Waals surface area contributed by atoms with E-state index in [1.54, 1.807) is 6.07 Å². The van der Waals surface area contributed by atoms with Crippen LogP contribution in [0.15, 0.2) is 24.3 Å². The summed E-state index contributed by atoms with van der Waals surface area (Å²) in [5.74, 6) is -0.797. The van der Waals surface area contributed by atoms with Crippen LogP contribution in [0.3, 0.4) is 0 Å². The molecule has 92 valence electrons. The second-order valence-electron chi connectivity index (χ2n) is 4.65. The van der Waals surface area contributed by atoms with Crippen molar-refractivity contribution in [2.45, 2.75) is 19.3 Å². The third-order valence-electron chi connectivity index (χ3n) is 3.49. The molecule has 0 spiro atoms. The summed E-state index contributed by atoms with van der Waals surface area (Å²) < 4.78 is 0. The van der Waals surface area contributed by atoms with Crippen LogP contribution in [-0.2, 0) is 12.8 Å². The maximum Gasteiger partial charge on any atom is 0.339 e. The van der Waals surface area contributed by atoms with Crippen molar-refractivity contribution in [3.8, 4) is 11.3 Å². The molecule has 0 unspecified atom stereocenters. The van der Waals surface area contributed by atoms with E-state index in [2.05, 4.69) is 17.1 Å². The number of carboxylic acid groups (broad SMARTS) is 1. The second-order valence-corrected chi connectivity index (χ2v) is 4.65. The molecule has 0 saturated heterocycles. The Balaban J connectivity index is 2.05. The smallest absolute Gasteiger partial charge is 0.339 e. The monoisotopic (exact) mass is 242 g/mol. The average molecular weight is 242 g/mol. The number of anilines is 1. The maximum atomic E-state index is 11.0. The minimum absolute atomic E-state index is 0.130. The Morgan fingerprint density at radius 2 is 2.00 bits per heavy atom. The van der Waals surface area contributed by atoms with E-state index < -0.39 is 5.97 Å². The summed E-state index contributed by atoms with van der Waals surface area (Å²) in [5.41, 5.74) is 10.3. The molecular weight excluding hydrogens is 228 g/mol. The molecular formula is C14H14N2O2. The molecule has 1 aromatic carbocycles. The van der Waals surface area contributed by atoms with Crippen LogP contribution in [-0.4, -0.2) is 16.1 Å². The van der Waals surface area contributed by atoms with Crippen LogP contribution in [0.2, 0.25) is 0 Å². The number of nitrogen functional groups attached to an aromatic ring is 1. The molecule has 4 nitrogen and oxygen atoms in total. The SMILES string of the molecule is Nc1[nH]c(-c2ccc3c(c2)CCC3)cc1C(=O)O. The van der Waals surface area contributed by atoms with Crippen molar-refractivity contribution in [2.75, 3.05) is 5.73 Å². The van der Waals surface area contributed by atoms with Crippen molar-refractivity contribution >= 4 is 11.8 Å². The highest BCUT2D eigenvalue weighted by atomic mass is 16.4. The van der Waals surface area contributed by atoms with Gasteiger partial charge in [0.2, 0.25) is 0 Å². The number of aromatic nitrogens is 1. The van der Waals surface area contributed by atoms with Gasteiger partial charge in [-0.3, -0.25) is 0 Å². The van der Waals surface area contributed by atoms with Crippen LogP contribution in [0.5, 0.6) is 0 Å². The number of nitrogens with two attached hydrogens (primary N) is 1. The number of carboxylic acids is 1. The van der Waals surface area contributed by atoms with Crippen LogP contribution in [0.25, 0.3) is 11.3 Å². The van der Waals surface area contributed by atoms with Gasteiger partial charge in [0.15, 0.2) is 0 Å². The quantitative estimate of drug-likeness (QED) is 0.756. The molecule has 4 N–H and O–H groups in total. The number of nitrogens with one attached hydrogen (secondary N) is 1. The summed E-state index contributed by atoms with van der Waals surface area (Å²) >= 11 is 0. The van der Waals surface area contributed by atoms with Gasteiger partial charge in [-0.25, -0.2) is 4.79 Å². The zero-order valence-electron chi connectivity index (χ0n) is 9.86. The van der Waals surface area contributed by atoms with Gasteiger partial charge in [-0.15, -0.1) is 0 Å². The van der Waals surface area contributed by atoms with Crippen LogP contribution in [0.4, 0.5) is 5.82 Å². The standard InChI is InChI=1S/C14H14N2O2/c15-13-11(14(17)18)7-12(16-13)10-5-4-8-2-1-3-9(8)6-10/h4-7,16H,1-3,15H2,(H,17,18). The molecule has 0 aliphatic heterocycles. The minimum atomic E-state index is -1.00. The van der Waals surface area contributed by atoms with Crippen molar-refractivity contribution in [3.63, 3.8) is 0 Å². The van der Waals surface area contributed by atoms with E-state index in [-0.39, 0.29) is 11.4 Å². The highest BCUT2D eigenvalue weighted by molar-refractivity contribution is 5.94. The van der Waals surface area contributed by atoms with Crippen LogP contribution in [0, 0.1) is 0 Å². The van der Waals surface area contributed by atoms with E-state index in [1.165, 1.54) is 17.5 Å². The molecule has 18 heavy (non-hydrogen) atoms. The Labute approximate surface area is 104 Å². The van der Waals surface area contributed by atoms with Gasteiger partial charge in [-0.1, -0.05) is 12.1 Å². The Morgan fingerprint density at radius 1 is 1.22 bits per heavy atom. The zero-order chi connectivity index (χ0) is 12.7. The number of fused-ring (bicyclic) bond motifs is 1. The fraction of sp³-hybridized carbons (Fsp3) is 0.214. The van der Waals surface area contributed by atoms with Crippen molar-refractivity contribution in [2.24, 2.45) is 0 Å². The number of benzene rings is 1. The lowest BCUT2D eigenvalue weighted by Gasteiger charge is -2.02. The van der Waals surface area contributed by atoms with Gasteiger partial charge in [-0.2, -0.15) is 0 Å². The molecule has 2 aromatic rings. The highest BCUT2D eigenvalue weighted by Gasteiger charge is 2.15. The van der Waals surface area contributed by atoms with Gasteiger partial charge in [0, 0.05) is 5.69 Å². The predicted molar refractivity (Wildman–Crippen MR) is 69.6 cm³/mol. The largest absolute Gasteiger partial charge is 0.478 e. The number of aromatic amines is 1. The summed E-state index contributed by atoms with van der Waals surface area (Å²) in [4.78, 5) is 13.9. The first-order valence-electron chi connectivity index (χ1n) is 5.99. The molecule has 1 aliphatic carbocycles. The summed E-state index contributed by atoms with van der Waals surface area (Å²) in [6.45, 7) is 0. The molecule has 0 atom stereocenters. The van der Waals surface area contributed by atoms with Crippen LogP contribution >= 0.6 is 0 Å². The lowest BCUT2D eigenvalue weighted by Crippen LogP contribution is -1.98. The lowest BCUT2D eigenvalue weighted by atomic mass is 10.0.